The van der Waals surface area contributed by atoms with Crippen LogP contribution >= 0.6 is 58.0 Å². The molecule has 0 heterocycles. The molecule has 1 saturated carbocycles. The number of hydrogen-bond donors (Lipinski definition) is 2. The second kappa shape index (κ2) is 9.32. The molecule has 2 atom stereocenters. The highest BCUT2D eigenvalue weighted by Crippen LogP contribution is 2.65. The lowest BCUT2D eigenvalue weighted by atomic mass is 10.1. The third kappa shape index (κ3) is 5.23. The average molecular weight is 547 g/mol. The van der Waals surface area contributed by atoms with Crippen LogP contribution < -0.4 is 10.6 Å². The Morgan fingerprint density at radius 1 is 0.848 bits per heavy atom. The van der Waals surface area contributed by atoms with Gasteiger partial charge in [-0.25, -0.2) is 4.39 Å². The molecule has 33 heavy (non-hydrogen) atoms. The topological polar surface area (TPSA) is 58.2 Å². The Kier molecular flexibility index (Phi) is 6.81. The normalized spacial score (nSPS) is 18.5. The van der Waals surface area contributed by atoms with Crippen molar-refractivity contribution < 1.29 is 14.0 Å². The minimum atomic E-state index is -1.36. The molecule has 4 nitrogen and oxygen atoms in total. The number of nitrogens with one attached hydrogen (secondary N) is 2. The van der Waals surface area contributed by atoms with E-state index in [1.165, 1.54) is 42.5 Å². The van der Waals surface area contributed by atoms with Crippen molar-refractivity contribution in [3.8, 4) is 0 Å². The van der Waals surface area contributed by atoms with Crippen LogP contribution in [0.25, 0.3) is 0 Å². The van der Waals surface area contributed by atoms with Crippen LogP contribution in [0.3, 0.4) is 0 Å². The third-order valence-electron chi connectivity index (χ3n) is 5.17. The van der Waals surface area contributed by atoms with E-state index in [0.717, 1.165) is 0 Å². The number of alkyl halides is 2. The summed E-state index contributed by atoms with van der Waals surface area (Å²) in [6.07, 6.45) is 0. The summed E-state index contributed by atoms with van der Waals surface area (Å²) in [7, 11) is 0. The quantitative estimate of drug-likeness (QED) is 0.325. The van der Waals surface area contributed by atoms with Crippen molar-refractivity contribution in [1.82, 2.24) is 0 Å². The summed E-state index contributed by atoms with van der Waals surface area (Å²) in [6.45, 7) is 0. The van der Waals surface area contributed by atoms with Crippen molar-refractivity contribution in [2.45, 2.75) is 10.3 Å². The molecular formula is C23H14Cl5FN2O2. The minimum Gasteiger partial charge on any atom is -0.324 e. The van der Waals surface area contributed by atoms with Crippen LogP contribution in [0.2, 0.25) is 15.1 Å². The van der Waals surface area contributed by atoms with Gasteiger partial charge in [0.05, 0.1) is 16.6 Å². The van der Waals surface area contributed by atoms with Gasteiger partial charge < -0.3 is 10.6 Å². The van der Waals surface area contributed by atoms with Gasteiger partial charge in [-0.15, -0.1) is 23.2 Å². The van der Waals surface area contributed by atoms with Gasteiger partial charge in [0.2, 0.25) is 5.91 Å². The van der Waals surface area contributed by atoms with Crippen LogP contribution in [-0.4, -0.2) is 16.1 Å². The largest absolute Gasteiger partial charge is 0.324 e. The van der Waals surface area contributed by atoms with Crippen molar-refractivity contribution >= 4 is 81.2 Å². The van der Waals surface area contributed by atoms with Crippen molar-refractivity contribution in [3.05, 3.63) is 92.7 Å². The van der Waals surface area contributed by atoms with E-state index in [9.17, 15) is 14.0 Å². The number of carbonyl (C=O) groups is 2. The number of rotatable bonds is 5. The van der Waals surface area contributed by atoms with E-state index < -0.39 is 33.8 Å². The molecule has 1 aliphatic carbocycles. The van der Waals surface area contributed by atoms with Gasteiger partial charge in [0, 0.05) is 27.2 Å². The Balaban J connectivity index is 1.51. The molecule has 0 bridgehead atoms. The van der Waals surface area contributed by atoms with E-state index >= 15 is 0 Å². The van der Waals surface area contributed by atoms with Gasteiger partial charge in [-0.1, -0.05) is 34.8 Å². The molecule has 3 aromatic carbocycles. The van der Waals surface area contributed by atoms with Gasteiger partial charge in [0.25, 0.3) is 5.91 Å². The van der Waals surface area contributed by atoms with Crippen LogP contribution in [0.1, 0.15) is 21.8 Å². The molecule has 10 heteroatoms. The molecule has 0 aromatic heterocycles. The molecule has 0 unspecified atom stereocenters. The lowest BCUT2D eigenvalue weighted by Gasteiger charge is -2.10. The smallest absolute Gasteiger partial charge is 0.255 e. The van der Waals surface area contributed by atoms with Crippen LogP contribution in [0.4, 0.5) is 15.8 Å². The zero-order chi connectivity index (χ0) is 23.9. The molecule has 1 aliphatic rings. The number of halogens is 6. The lowest BCUT2D eigenvalue weighted by molar-refractivity contribution is -0.117. The molecule has 170 valence electrons. The fourth-order valence-corrected chi connectivity index (χ4v) is 5.07. The fraction of sp³-hybridized carbons (Fsp3) is 0.130. The first-order valence-electron chi connectivity index (χ1n) is 9.57. The minimum absolute atomic E-state index is 0.215. The highest BCUT2D eigenvalue weighted by Gasteiger charge is 2.67. The second-order valence-corrected chi connectivity index (χ2v) is 10.2. The summed E-state index contributed by atoms with van der Waals surface area (Å²) >= 11 is 31.1. The monoisotopic (exact) mass is 544 g/mol. The Hall–Kier alpha value is -2.02. The van der Waals surface area contributed by atoms with Gasteiger partial charge in [0.1, 0.15) is 10.2 Å². The van der Waals surface area contributed by atoms with Crippen LogP contribution in [-0.2, 0) is 4.79 Å². The Bertz CT molecular complexity index is 1230. The number of carbonyl (C=O) groups excluding carboxylic acids is 2. The third-order valence-corrected chi connectivity index (χ3v) is 6.87. The molecule has 0 radical (unpaired) electrons. The molecule has 3 aromatic rings. The number of hydrogen-bond acceptors (Lipinski definition) is 2. The summed E-state index contributed by atoms with van der Waals surface area (Å²) < 4.78 is 11.7. The second-order valence-electron chi connectivity index (χ2n) is 7.48. The van der Waals surface area contributed by atoms with Gasteiger partial charge in [-0.05, 0) is 66.2 Å². The Morgan fingerprint density at radius 3 is 2.12 bits per heavy atom. The Morgan fingerprint density at radius 2 is 1.48 bits per heavy atom. The van der Waals surface area contributed by atoms with E-state index in [4.69, 9.17) is 58.0 Å². The SMILES string of the molecule is O=C(Nc1ccc(F)cc1)c1ccc(Cl)c(NC(=O)[C@@H]2[C@@H](c3cc(Cl)cc(Cl)c3)C2(Cl)Cl)c1. The Labute approximate surface area is 213 Å². The molecule has 0 saturated heterocycles. The zero-order valence-electron chi connectivity index (χ0n) is 16.5. The summed E-state index contributed by atoms with van der Waals surface area (Å²) in [5, 5.41) is 6.35. The molecule has 2 amide bonds. The van der Waals surface area contributed by atoms with E-state index in [1.807, 2.05) is 0 Å². The van der Waals surface area contributed by atoms with Crippen LogP contribution in [0.15, 0.2) is 60.7 Å². The molecular weight excluding hydrogens is 533 g/mol. The van der Waals surface area contributed by atoms with E-state index in [0.29, 0.717) is 21.3 Å². The lowest BCUT2D eigenvalue weighted by Crippen LogP contribution is -2.18. The molecule has 2 N–H and O–H groups in total. The van der Waals surface area contributed by atoms with Gasteiger partial charge in [-0.3, -0.25) is 9.59 Å². The highest BCUT2D eigenvalue weighted by molar-refractivity contribution is 6.53. The van der Waals surface area contributed by atoms with E-state index in [-0.39, 0.29) is 16.3 Å². The number of amides is 2. The zero-order valence-corrected chi connectivity index (χ0v) is 20.3. The average Bonchev–Trinajstić information content (AvgIpc) is 3.32. The first kappa shape index (κ1) is 24.1. The highest BCUT2D eigenvalue weighted by atomic mass is 35.5. The van der Waals surface area contributed by atoms with Gasteiger partial charge >= 0.3 is 0 Å². The van der Waals surface area contributed by atoms with Crippen molar-refractivity contribution in [2.75, 3.05) is 10.6 Å². The molecule has 0 aliphatic heterocycles. The van der Waals surface area contributed by atoms with Crippen molar-refractivity contribution in [3.63, 3.8) is 0 Å². The first-order chi connectivity index (χ1) is 15.6. The number of benzene rings is 3. The predicted molar refractivity (Wildman–Crippen MR) is 132 cm³/mol. The summed E-state index contributed by atoms with van der Waals surface area (Å²) in [4.78, 5) is 25.5. The standard InChI is InChI=1S/C23H14Cl5FN2O2/c24-13-7-12(8-14(25)10-13)19-20(23(19,27)28)22(33)31-18-9-11(1-6-17(18)26)21(32)30-16-4-2-15(29)3-5-16/h1-10,19-20H,(H,30,32)(H,31,33)/t19-,20+/m1/s1. The fourth-order valence-electron chi connectivity index (χ4n) is 3.53. The molecule has 1 fully saturated rings. The van der Waals surface area contributed by atoms with Gasteiger partial charge in [-0.2, -0.15) is 0 Å². The van der Waals surface area contributed by atoms with E-state index in [1.54, 1.807) is 18.2 Å². The maximum absolute atomic E-state index is 13.1. The maximum Gasteiger partial charge on any atom is 0.255 e. The number of anilines is 2. The first-order valence-corrected chi connectivity index (χ1v) is 11.5. The summed E-state index contributed by atoms with van der Waals surface area (Å²) in [5.41, 5.74) is 1.50. The summed E-state index contributed by atoms with van der Waals surface area (Å²) in [6, 6.07) is 14.6. The molecule has 0 spiro atoms. The van der Waals surface area contributed by atoms with Crippen LogP contribution in [0.5, 0.6) is 0 Å². The maximum atomic E-state index is 13.1. The van der Waals surface area contributed by atoms with Gasteiger partial charge in [0.15, 0.2) is 0 Å². The van der Waals surface area contributed by atoms with Crippen molar-refractivity contribution in [2.24, 2.45) is 5.92 Å². The molecule has 4 rings (SSSR count). The van der Waals surface area contributed by atoms with Crippen molar-refractivity contribution in [1.29, 1.82) is 0 Å². The predicted octanol–water partition coefficient (Wildman–Crippen LogP) is 7.56. The van der Waals surface area contributed by atoms with Crippen LogP contribution in [0, 0.1) is 11.7 Å². The summed E-state index contributed by atoms with van der Waals surface area (Å²) in [5.74, 6) is -2.67. The van der Waals surface area contributed by atoms with E-state index in [2.05, 4.69) is 10.6 Å².